The van der Waals surface area contributed by atoms with E-state index in [9.17, 15) is 4.79 Å². The molecule has 0 radical (unpaired) electrons. The Morgan fingerprint density at radius 2 is 1.83 bits per heavy atom. The molecule has 18 heavy (non-hydrogen) atoms. The summed E-state index contributed by atoms with van der Waals surface area (Å²) < 4.78 is 1.66. The van der Waals surface area contributed by atoms with Crippen LogP contribution in [0.4, 0.5) is 0 Å². The number of aromatic amines is 1. The van der Waals surface area contributed by atoms with Crippen LogP contribution in [0.5, 0.6) is 0 Å². The first-order valence-electron chi connectivity index (χ1n) is 5.98. The Kier molecular flexibility index (Phi) is 2.52. The first-order valence-corrected chi connectivity index (χ1v) is 5.98. The third-order valence-electron chi connectivity index (χ3n) is 3.18. The van der Waals surface area contributed by atoms with E-state index in [0.717, 1.165) is 22.0 Å². The Bertz CT molecular complexity index is 738. The maximum absolute atomic E-state index is 12.2. The number of aromatic nitrogens is 2. The molecule has 1 heterocycles. The van der Waals surface area contributed by atoms with Gasteiger partial charge in [0.25, 0.3) is 5.56 Å². The van der Waals surface area contributed by atoms with Crippen molar-refractivity contribution in [3.05, 3.63) is 70.0 Å². The molecular weight excluding hydrogens is 224 g/mol. The molecule has 1 aromatic heterocycles. The van der Waals surface area contributed by atoms with Gasteiger partial charge in [0, 0.05) is 0 Å². The minimum Gasteiger partial charge on any atom is -0.294 e. The van der Waals surface area contributed by atoms with Gasteiger partial charge in [0.15, 0.2) is 0 Å². The molecule has 0 aliphatic heterocycles. The van der Waals surface area contributed by atoms with Gasteiger partial charge in [-0.15, -0.1) is 0 Å². The van der Waals surface area contributed by atoms with Crippen molar-refractivity contribution < 1.29 is 0 Å². The van der Waals surface area contributed by atoms with Gasteiger partial charge in [0.2, 0.25) is 0 Å². The third kappa shape index (κ3) is 1.74. The zero-order valence-corrected chi connectivity index (χ0v) is 10.2. The van der Waals surface area contributed by atoms with Crippen LogP contribution in [0.1, 0.15) is 11.1 Å². The average molecular weight is 238 g/mol. The molecule has 0 amide bonds. The lowest BCUT2D eigenvalue weighted by Gasteiger charge is -2.01. The van der Waals surface area contributed by atoms with Crippen LogP contribution in [-0.2, 0) is 6.54 Å². The second kappa shape index (κ2) is 4.18. The van der Waals surface area contributed by atoms with Crippen molar-refractivity contribution in [2.45, 2.75) is 13.5 Å². The van der Waals surface area contributed by atoms with Gasteiger partial charge in [-0.3, -0.25) is 9.89 Å². The Morgan fingerprint density at radius 1 is 1.06 bits per heavy atom. The molecule has 1 N–H and O–H groups in total. The van der Waals surface area contributed by atoms with Crippen molar-refractivity contribution >= 4 is 10.9 Å². The second-order valence-corrected chi connectivity index (χ2v) is 4.49. The molecule has 0 fully saturated rings. The van der Waals surface area contributed by atoms with E-state index in [-0.39, 0.29) is 5.56 Å². The Hall–Kier alpha value is -2.29. The zero-order chi connectivity index (χ0) is 12.5. The standard InChI is InChI=1S/C15H14N2O/c1-11-6-5-9-13-14(11)16-17(15(13)18)10-12-7-3-2-4-8-12/h2-9,16H,10H2,1H3. The zero-order valence-electron chi connectivity index (χ0n) is 10.2. The number of nitrogens with zero attached hydrogens (tertiary/aromatic N) is 1. The third-order valence-corrected chi connectivity index (χ3v) is 3.18. The summed E-state index contributed by atoms with van der Waals surface area (Å²) in [5.41, 5.74) is 3.18. The molecule has 0 saturated carbocycles. The molecule has 3 aromatic rings. The minimum absolute atomic E-state index is 0.0394. The highest BCUT2D eigenvalue weighted by Gasteiger charge is 2.07. The van der Waals surface area contributed by atoms with Crippen molar-refractivity contribution in [3.63, 3.8) is 0 Å². The SMILES string of the molecule is Cc1cccc2c(=O)n(Cc3ccccc3)[nH]c12. The number of hydrogen-bond acceptors (Lipinski definition) is 1. The lowest BCUT2D eigenvalue weighted by molar-refractivity contribution is 0.672. The number of nitrogens with one attached hydrogen (secondary N) is 1. The van der Waals surface area contributed by atoms with E-state index < -0.39 is 0 Å². The van der Waals surface area contributed by atoms with Crippen LogP contribution < -0.4 is 5.56 Å². The Morgan fingerprint density at radius 3 is 2.56 bits per heavy atom. The highest BCUT2D eigenvalue weighted by atomic mass is 16.1. The van der Waals surface area contributed by atoms with Crippen LogP contribution in [0.3, 0.4) is 0 Å². The number of rotatable bonds is 2. The van der Waals surface area contributed by atoms with Crippen molar-refractivity contribution in [1.29, 1.82) is 0 Å². The highest BCUT2D eigenvalue weighted by Crippen LogP contribution is 2.12. The fourth-order valence-electron chi connectivity index (χ4n) is 2.20. The number of hydrogen-bond donors (Lipinski definition) is 1. The predicted molar refractivity (Wildman–Crippen MR) is 72.8 cm³/mol. The van der Waals surface area contributed by atoms with Gasteiger partial charge >= 0.3 is 0 Å². The predicted octanol–water partition coefficient (Wildman–Crippen LogP) is 2.69. The summed E-state index contributed by atoms with van der Waals surface area (Å²) in [5.74, 6) is 0. The number of H-pyrrole nitrogens is 1. The van der Waals surface area contributed by atoms with Crippen molar-refractivity contribution in [2.75, 3.05) is 0 Å². The number of fused-ring (bicyclic) bond motifs is 1. The van der Waals surface area contributed by atoms with Crippen LogP contribution >= 0.6 is 0 Å². The van der Waals surface area contributed by atoms with E-state index in [1.54, 1.807) is 4.68 Å². The molecule has 0 aliphatic rings. The van der Waals surface area contributed by atoms with Crippen LogP contribution in [0, 0.1) is 6.92 Å². The number of para-hydroxylation sites is 1. The summed E-state index contributed by atoms with van der Waals surface area (Å²) in [7, 11) is 0. The summed E-state index contributed by atoms with van der Waals surface area (Å²) in [6.45, 7) is 2.58. The van der Waals surface area contributed by atoms with Gasteiger partial charge < -0.3 is 0 Å². The van der Waals surface area contributed by atoms with E-state index in [4.69, 9.17) is 0 Å². The smallest absolute Gasteiger partial charge is 0.274 e. The molecule has 0 unspecified atom stereocenters. The van der Waals surface area contributed by atoms with Crippen molar-refractivity contribution in [3.8, 4) is 0 Å². The Labute approximate surface area is 105 Å². The summed E-state index contributed by atoms with van der Waals surface area (Å²) >= 11 is 0. The molecule has 0 saturated heterocycles. The summed E-state index contributed by atoms with van der Waals surface area (Å²) in [5, 5.41) is 3.94. The molecule has 90 valence electrons. The molecule has 3 rings (SSSR count). The van der Waals surface area contributed by atoms with E-state index in [1.807, 2.05) is 55.5 Å². The van der Waals surface area contributed by atoms with Gasteiger partial charge in [-0.1, -0.05) is 42.5 Å². The summed E-state index contributed by atoms with van der Waals surface area (Å²) in [6, 6.07) is 15.8. The largest absolute Gasteiger partial charge is 0.294 e. The topological polar surface area (TPSA) is 37.8 Å². The van der Waals surface area contributed by atoms with Crippen LogP contribution in [0.25, 0.3) is 10.9 Å². The first kappa shape index (κ1) is 10.8. The maximum atomic E-state index is 12.2. The van der Waals surface area contributed by atoms with E-state index in [1.165, 1.54) is 0 Å². The van der Waals surface area contributed by atoms with Crippen LogP contribution in [-0.4, -0.2) is 9.78 Å². The number of aryl methyl sites for hydroxylation is 1. The van der Waals surface area contributed by atoms with E-state index in [0.29, 0.717) is 6.54 Å². The van der Waals surface area contributed by atoms with E-state index in [2.05, 4.69) is 5.10 Å². The first-order chi connectivity index (χ1) is 8.75. The van der Waals surface area contributed by atoms with Gasteiger partial charge in [-0.05, 0) is 24.1 Å². The highest BCUT2D eigenvalue weighted by molar-refractivity contribution is 5.80. The summed E-state index contributed by atoms with van der Waals surface area (Å²) in [6.07, 6.45) is 0. The van der Waals surface area contributed by atoms with E-state index >= 15 is 0 Å². The van der Waals surface area contributed by atoms with Gasteiger partial charge in [0.05, 0.1) is 17.4 Å². The monoisotopic (exact) mass is 238 g/mol. The number of benzene rings is 2. The molecule has 3 nitrogen and oxygen atoms in total. The van der Waals surface area contributed by atoms with Crippen molar-refractivity contribution in [1.82, 2.24) is 9.78 Å². The lowest BCUT2D eigenvalue weighted by Crippen LogP contribution is -2.17. The van der Waals surface area contributed by atoms with Crippen molar-refractivity contribution in [2.24, 2.45) is 0 Å². The second-order valence-electron chi connectivity index (χ2n) is 4.49. The molecule has 2 aromatic carbocycles. The quantitative estimate of drug-likeness (QED) is 0.732. The average Bonchev–Trinajstić information content (AvgIpc) is 2.70. The van der Waals surface area contributed by atoms with Gasteiger partial charge in [0.1, 0.15) is 0 Å². The normalized spacial score (nSPS) is 10.9. The molecule has 0 aliphatic carbocycles. The van der Waals surface area contributed by atoms with Gasteiger partial charge in [-0.2, -0.15) is 0 Å². The van der Waals surface area contributed by atoms with Crippen LogP contribution in [0.15, 0.2) is 53.3 Å². The molecule has 0 atom stereocenters. The molecule has 3 heteroatoms. The fraction of sp³-hybridized carbons (Fsp3) is 0.133. The summed E-state index contributed by atoms with van der Waals surface area (Å²) in [4.78, 5) is 12.2. The molecule has 0 bridgehead atoms. The molecular formula is C15H14N2O. The fourth-order valence-corrected chi connectivity index (χ4v) is 2.20. The lowest BCUT2D eigenvalue weighted by atomic mass is 10.2. The maximum Gasteiger partial charge on any atom is 0.274 e. The van der Waals surface area contributed by atoms with Gasteiger partial charge in [-0.25, -0.2) is 4.68 Å². The molecule has 0 spiro atoms. The Balaban J connectivity index is 2.11. The van der Waals surface area contributed by atoms with Crippen LogP contribution in [0.2, 0.25) is 0 Å². The minimum atomic E-state index is 0.0394.